The molecule has 0 unspecified atom stereocenters. The van der Waals surface area contributed by atoms with E-state index in [0.717, 1.165) is 27.0 Å². The van der Waals surface area contributed by atoms with E-state index in [4.69, 9.17) is 0 Å². The maximum absolute atomic E-state index is 12.3. The molecule has 0 saturated carbocycles. The maximum atomic E-state index is 12.3. The fourth-order valence-electron chi connectivity index (χ4n) is 2.18. The third-order valence-corrected chi connectivity index (χ3v) is 4.48. The van der Waals surface area contributed by atoms with Crippen molar-refractivity contribution in [3.63, 3.8) is 0 Å². The van der Waals surface area contributed by atoms with Crippen molar-refractivity contribution in [1.82, 2.24) is 20.1 Å². The fourth-order valence-corrected chi connectivity index (χ4v) is 3.02. The normalized spacial score (nSPS) is 11.7. The molecule has 1 N–H and O–H groups in total. The van der Waals surface area contributed by atoms with Crippen LogP contribution in [0.2, 0.25) is 0 Å². The Morgan fingerprint density at radius 1 is 1.36 bits per heavy atom. The van der Waals surface area contributed by atoms with E-state index in [1.165, 1.54) is 0 Å². The lowest BCUT2D eigenvalue weighted by Crippen LogP contribution is -2.28. The number of carbonyl (C=O) groups excluding carboxylic acids is 1. The Bertz CT molecular complexity index is 666. The molecule has 120 valence electrons. The number of nitrogens with zero attached hydrogens (tertiary/aromatic N) is 3. The van der Waals surface area contributed by atoms with Crippen molar-refractivity contribution >= 4 is 17.2 Å². The zero-order valence-corrected chi connectivity index (χ0v) is 15.0. The summed E-state index contributed by atoms with van der Waals surface area (Å²) in [5, 5.41) is 8.35. The van der Waals surface area contributed by atoms with Gasteiger partial charge in [0, 0.05) is 17.3 Å². The molecule has 2 aromatic heterocycles. The van der Waals surface area contributed by atoms with Gasteiger partial charge in [-0.15, -0.1) is 11.3 Å². The summed E-state index contributed by atoms with van der Waals surface area (Å²) in [5.74, 6) is 0.0697. The molecule has 0 spiro atoms. The topological polar surface area (TPSA) is 61.9 Å². The third-order valence-electron chi connectivity index (χ3n) is 3.55. The van der Waals surface area contributed by atoms with Crippen molar-refractivity contribution in [3.8, 4) is 0 Å². The van der Waals surface area contributed by atoms with E-state index in [-0.39, 0.29) is 11.3 Å². The number of carbonyl (C=O) groups is 1. The number of aromatic amines is 1. The number of rotatable bonds is 4. The lowest BCUT2D eigenvalue weighted by atomic mass is 9.92. The smallest absolute Gasteiger partial charge is 0.228 e. The second kappa shape index (κ2) is 6.20. The largest absolute Gasteiger partial charge is 0.340 e. The van der Waals surface area contributed by atoms with Gasteiger partial charge in [0.15, 0.2) is 0 Å². The van der Waals surface area contributed by atoms with Crippen molar-refractivity contribution < 1.29 is 4.79 Å². The molecule has 6 heteroatoms. The highest BCUT2D eigenvalue weighted by molar-refractivity contribution is 7.11. The van der Waals surface area contributed by atoms with Crippen LogP contribution in [0.25, 0.3) is 0 Å². The minimum Gasteiger partial charge on any atom is -0.340 e. The zero-order valence-electron chi connectivity index (χ0n) is 14.1. The number of aryl methyl sites for hydroxylation is 2. The van der Waals surface area contributed by atoms with E-state index in [2.05, 4.69) is 36.0 Å². The summed E-state index contributed by atoms with van der Waals surface area (Å²) >= 11 is 1.63. The highest BCUT2D eigenvalue weighted by Crippen LogP contribution is 2.21. The molecular formula is C16H24N4OS. The van der Waals surface area contributed by atoms with Gasteiger partial charge in [-0.25, -0.2) is 4.98 Å². The van der Waals surface area contributed by atoms with Crippen molar-refractivity contribution in [3.05, 3.63) is 33.0 Å². The quantitative estimate of drug-likeness (QED) is 0.942. The van der Waals surface area contributed by atoms with E-state index in [1.807, 2.05) is 27.0 Å². The lowest BCUT2D eigenvalue weighted by Gasteiger charge is -2.16. The van der Waals surface area contributed by atoms with Crippen molar-refractivity contribution in [1.29, 1.82) is 0 Å². The maximum Gasteiger partial charge on any atom is 0.228 e. The van der Waals surface area contributed by atoms with Gasteiger partial charge in [-0.1, -0.05) is 20.8 Å². The molecule has 2 aromatic rings. The van der Waals surface area contributed by atoms with Gasteiger partial charge in [0.2, 0.25) is 5.91 Å². The molecule has 1 amide bonds. The number of aromatic nitrogens is 3. The molecule has 22 heavy (non-hydrogen) atoms. The van der Waals surface area contributed by atoms with Crippen LogP contribution >= 0.6 is 11.3 Å². The van der Waals surface area contributed by atoms with Crippen LogP contribution in [0.4, 0.5) is 0 Å². The first-order chi connectivity index (χ1) is 10.2. The fraction of sp³-hybridized carbons (Fsp3) is 0.562. The third kappa shape index (κ3) is 3.94. The molecule has 0 saturated heterocycles. The Hall–Kier alpha value is -1.69. The minimum atomic E-state index is 0.00651. The Morgan fingerprint density at radius 3 is 2.55 bits per heavy atom. The predicted molar refractivity (Wildman–Crippen MR) is 89.1 cm³/mol. The van der Waals surface area contributed by atoms with Gasteiger partial charge < -0.3 is 4.90 Å². The van der Waals surface area contributed by atoms with E-state index in [1.54, 1.807) is 16.2 Å². The van der Waals surface area contributed by atoms with Gasteiger partial charge >= 0.3 is 0 Å². The Labute approximate surface area is 135 Å². The van der Waals surface area contributed by atoms with Gasteiger partial charge in [0.25, 0.3) is 0 Å². The van der Waals surface area contributed by atoms with Gasteiger partial charge in [-0.05, 0) is 19.9 Å². The second-order valence-corrected chi connectivity index (χ2v) is 8.10. The molecule has 0 aromatic carbocycles. The van der Waals surface area contributed by atoms with E-state index >= 15 is 0 Å². The first kappa shape index (κ1) is 16.7. The highest BCUT2D eigenvalue weighted by Gasteiger charge is 2.19. The number of nitrogens with one attached hydrogen (secondary N) is 1. The molecule has 0 fully saturated rings. The standard InChI is InChI=1S/C16H24N4OS/c1-10-13(17-11(2)22-10)8-15(21)20(6)9-12-7-14(19-18-12)16(3,4)5/h7H,8-9H2,1-6H3,(H,18,19). The van der Waals surface area contributed by atoms with E-state index < -0.39 is 0 Å². The van der Waals surface area contributed by atoms with Crippen LogP contribution in [-0.2, 0) is 23.2 Å². The molecule has 0 bridgehead atoms. The molecule has 0 aliphatic rings. The zero-order chi connectivity index (χ0) is 16.5. The van der Waals surface area contributed by atoms with Gasteiger partial charge in [0.1, 0.15) is 0 Å². The van der Waals surface area contributed by atoms with Crippen LogP contribution < -0.4 is 0 Å². The molecule has 5 nitrogen and oxygen atoms in total. The molecule has 0 atom stereocenters. The molecule has 0 aliphatic heterocycles. The lowest BCUT2D eigenvalue weighted by molar-refractivity contribution is -0.129. The molecule has 0 aliphatic carbocycles. The number of thiazole rings is 1. The Kier molecular flexibility index (Phi) is 4.70. The summed E-state index contributed by atoms with van der Waals surface area (Å²) in [6.45, 7) is 10.9. The van der Waals surface area contributed by atoms with Crippen LogP contribution in [0.1, 0.15) is 47.7 Å². The first-order valence-electron chi connectivity index (χ1n) is 7.38. The number of amides is 1. The van der Waals surface area contributed by atoms with Gasteiger partial charge in [-0.2, -0.15) is 5.10 Å². The summed E-state index contributed by atoms with van der Waals surface area (Å²) in [6, 6.07) is 2.03. The molecule has 2 heterocycles. The van der Waals surface area contributed by atoms with Crippen molar-refractivity contribution in [2.45, 2.75) is 53.0 Å². The number of H-pyrrole nitrogens is 1. The van der Waals surface area contributed by atoms with Gasteiger partial charge in [0.05, 0.1) is 35.1 Å². The Morgan fingerprint density at radius 2 is 2.05 bits per heavy atom. The number of hydrogen-bond donors (Lipinski definition) is 1. The monoisotopic (exact) mass is 320 g/mol. The van der Waals surface area contributed by atoms with Crippen LogP contribution in [0.5, 0.6) is 0 Å². The van der Waals surface area contributed by atoms with Crippen molar-refractivity contribution in [2.24, 2.45) is 0 Å². The van der Waals surface area contributed by atoms with E-state index in [9.17, 15) is 4.79 Å². The summed E-state index contributed by atoms with van der Waals surface area (Å²) < 4.78 is 0. The minimum absolute atomic E-state index is 0.00651. The predicted octanol–water partition coefficient (Wildman–Crippen LogP) is 2.98. The van der Waals surface area contributed by atoms with Crippen LogP contribution in [0.3, 0.4) is 0 Å². The van der Waals surface area contributed by atoms with Crippen molar-refractivity contribution in [2.75, 3.05) is 7.05 Å². The van der Waals surface area contributed by atoms with Crippen LogP contribution in [0.15, 0.2) is 6.07 Å². The molecule has 2 rings (SSSR count). The number of likely N-dealkylation sites (N-methyl/N-ethyl adjacent to an activating group) is 1. The molecule has 0 radical (unpaired) electrons. The first-order valence-corrected chi connectivity index (χ1v) is 8.20. The summed E-state index contributed by atoms with van der Waals surface area (Å²) in [7, 11) is 1.81. The highest BCUT2D eigenvalue weighted by atomic mass is 32.1. The van der Waals surface area contributed by atoms with E-state index in [0.29, 0.717) is 13.0 Å². The SMILES string of the molecule is Cc1nc(CC(=O)N(C)Cc2cc(C(C)(C)C)n[nH]2)c(C)s1. The Balaban J connectivity index is 1.99. The summed E-state index contributed by atoms with van der Waals surface area (Å²) in [4.78, 5) is 19.6. The van der Waals surface area contributed by atoms with Crippen LogP contribution in [0, 0.1) is 13.8 Å². The second-order valence-electron chi connectivity index (χ2n) is 6.69. The number of hydrogen-bond acceptors (Lipinski definition) is 4. The average Bonchev–Trinajstić information content (AvgIpc) is 2.96. The van der Waals surface area contributed by atoms with Gasteiger partial charge in [-0.3, -0.25) is 9.89 Å². The summed E-state index contributed by atoms with van der Waals surface area (Å²) in [5.41, 5.74) is 2.85. The van der Waals surface area contributed by atoms with Crippen LogP contribution in [-0.4, -0.2) is 33.0 Å². The average molecular weight is 320 g/mol. The molecular weight excluding hydrogens is 296 g/mol. The summed E-state index contributed by atoms with van der Waals surface area (Å²) in [6.07, 6.45) is 0.354.